The van der Waals surface area contributed by atoms with Crippen molar-refractivity contribution in [2.45, 2.75) is 30.5 Å². The molecule has 2 rings (SSSR count). The second-order valence-corrected chi connectivity index (χ2v) is 7.77. The average molecular weight is 430 g/mol. The first kappa shape index (κ1) is 23.8. The maximum atomic E-state index is 13.4. The highest BCUT2D eigenvalue weighted by molar-refractivity contribution is 7.89. The summed E-state index contributed by atoms with van der Waals surface area (Å²) in [5.41, 5.74) is 0.213. The molecule has 0 spiro atoms. The molecule has 1 aromatic rings. The Morgan fingerprint density at radius 3 is 2.48 bits per heavy atom. The molecule has 0 aromatic heterocycles. The highest BCUT2D eigenvalue weighted by Gasteiger charge is 2.44. The van der Waals surface area contributed by atoms with Crippen molar-refractivity contribution in [3.8, 4) is 0 Å². The molecule has 1 atom stereocenters. The summed E-state index contributed by atoms with van der Waals surface area (Å²) in [4.78, 5) is 12.7. The zero-order valence-corrected chi connectivity index (χ0v) is 16.4. The van der Waals surface area contributed by atoms with E-state index in [0.717, 1.165) is 0 Å². The number of Topliss-reactive ketones (excluding diaryl/α,β-unsaturated/α-hetero) is 1. The van der Waals surface area contributed by atoms with Gasteiger partial charge in [0.2, 0.25) is 10.0 Å². The SMILES string of the molecule is CCC(=O)c1cccc(S(=O)(=O)NCC(N2CCNCC2)C(F)(F)F)c1.Cl. The van der Waals surface area contributed by atoms with E-state index in [2.05, 4.69) is 5.32 Å². The van der Waals surface area contributed by atoms with Crippen molar-refractivity contribution in [2.24, 2.45) is 0 Å². The summed E-state index contributed by atoms with van der Waals surface area (Å²) in [7, 11) is -4.16. The molecule has 0 radical (unpaired) electrons. The van der Waals surface area contributed by atoms with Crippen molar-refractivity contribution in [1.82, 2.24) is 14.9 Å². The van der Waals surface area contributed by atoms with Gasteiger partial charge in [0.05, 0.1) is 4.90 Å². The number of sulfonamides is 1. The minimum absolute atomic E-state index is 0. The molecule has 1 saturated heterocycles. The van der Waals surface area contributed by atoms with E-state index in [1.807, 2.05) is 4.72 Å². The van der Waals surface area contributed by atoms with E-state index in [1.165, 1.54) is 29.2 Å². The van der Waals surface area contributed by atoms with Crippen LogP contribution in [0, 0.1) is 0 Å². The van der Waals surface area contributed by atoms with Crippen LogP contribution in [-0.2, 0) is 10.0 Å². The molecule has 0 bridgehead atoms. The third-order valence-corrected chi connectivity index (χ3v) is 5.65. The second-order valence-electron chi connectivity index (χ2n) is 6.00. The van der Waals surface area contributed by atoms with Crippen molar-refractivity contribution >= 4 is 28.2 Å². The molecule has 27 heavy (non-hydrogen) atoms. The zero-order chi connectivity index (χ0) is 19.4. The lowest BCUT2D eigenvalue weighted by Gasteiger charge is -2.35. The summed E-state index contributed by atoms with van der Waals surface area (Å²) in [6.45, 7) is 2.07. The summed E-state index contributed by atoms with van der Waals surface area (Å²) in [6.07, 6.45) is -4.35. The third kappa shape index (κ3) is 6.42. The number of ketones is 1. The Labute approximate surface area is 163 Å². The van der Waals surface area contributed by atoms with Crippen LogP contribution in [0.3, 0.4) is 0 Å². The number of carbonyl (C=O) groups is 1. The van der Waals surface area contributed by atoms with Gasteiger partial charge in [0.1, 0.15) is 6.04 Å². The van der Waals surface area contributed by atoms with Gasteiger partial charge >= 0.3 is 6.18 Å². The predicted octanol–water partition coefficient (Wildman–Crippen LogP) is 1.82. The van der Waals surface area contributed by atoms with Crippen LogP contribution >= 0.6 is 12.4 Å². The Morgan fingerprint density at radius 1 is 1.30 bits per heavy atom. The number of carbonyl (C=O) groups excluding carboxylic acids is 1. The Hall–Kier alpha value is -1.20. The largest absolute Gasteiger partial charge is 0.405 e. The highest BCUT2D eigenvalue weighted by Crippen LogP contribution is 2.25. The van der Waals surface area contributed by atoms with Crippen LogP contribution in [0.5, 0.6) is 0 Å². The molecular weight excluding hydrogens is 407 g/mol. The Bertz CT molecular complexity index is 738. The lowest BCUT2D eigenvalue weighted by molar-refractivity contribution is -0.182. The molecule has 0 amide bonds. The molecule has 154 valence electrons. The number of rotatable bonds is 7. The van der Waals surface area contributed by atoms with Crippen molar-refractivity contribution in [2.75, 3.05) is 32.7 Å². The van der Waals surface area contributed by atoms with E-state index in [9.17, 15) is 26.4 Å². The smallest absolute Gasteiger partial charge is 0.314 e. The van der Waals surface area contributed by atoms with Gasteiger partial charge in [-0.25, -0.2) is 13.1 Å². The van der Waals surface area contributed by atoms with E-state index in [-0.39, 0.29) is 48.2 Å². The van der Waals surface area contributed by atoms with Gasteiger partial charge in [0.15, 0.2) is 5.78 Å². The average Bonchev–Trinajstić information content (AvgIpc) is 2.61. The standard InChI is InChI=1S/C16H22F3N3O3S.ClH/c1-2-14(23)12-4-3-5-13(10-12)26(24,25)21-11-15(16(17,18)19)22-8-6-20-7-9-22;/h3-5,10,15,20-21H,2,6-9,11H2,1H3;1H. The number of halogens is 4. The number of nitrogens with zero attached hydrogens (tertiary/aromatic N) is 1. The fraction of sp³-hybridized carbons (Fsp3) is 0.562. The van der Waals surface area contributed by atoms with Crippen LogP contribution in [0.4, 0.5) is 13.2 Å². The van der Waals surface area contributed by atoms with Crippen LogP contribution < -0.4 is 10.0 Å². The van der Waals surface area contributed by atoms with Gasteiger partial charge in [0, 0.05) is 44.7 Å². The van der Waals surface area contributed by atoms with Gasteiger partial charge in [-0.15, -0.1) is 12.4 Å². The summed E-state index contributed by atoms with van der Waals surface area (Å²) in [5.74, 6) is -0.240. The van der Waals surface area contributed by atoms with Gasteiger partial charge in [-0.05, 0) is 12.1 Å². The molecule has 1 fully saturated rings. The van der Waals surface area contributed by atoms with Crippen LogP contribution in [-0.4, -0.2) is 64.0 Å². The first-order chi connectivity index (χ1) is 12.1. The summed E-state index contributed by atoms with van der Waals surface area (Å²) in [5, 5.41) is 2.96. The Kier molecular flexibility index (Phi) is 8.68. The highest BCUT2D eigenvalue weighted by atomic mass is 35.5. The minimum Gasteiger partial charge on any atom is -0.314 e. The zero-order valence-electron chi connectivity index (χ0n) is 14.8. The molecule has 1 aromatic carbocycles. The van der Waals surface area contributed by atoms with Gasteiger partial charge < -0.3 is 5.32 Å². The minimum atomic E-state index is -4.56. The van der Waals surface area contributed by atoms with Crippen LogP contribution in [0.15, 0.2) is 29.2 Å². The van der Waals surface area contributed by atoms with E-state index >= 15 is 0 Å². The fourth-order valence-corrected chi connectivity index (χ4v) is 3.84. The number of piperazine rings is 1. The molecule has 2 N–H and O–H groups in total. The van der Waals surface area contributed by atoms with Gasteiger partial charge in [-0.1, -0.05) is 19.1 Å². The van der Waals surface area contributed by atoms with Crippen LogP contribution in [0.25, 0.3) is 0 Å². The monoisotopic (exact) mass is 429 g/mol. The van der Waals surface area contributed by atoms with Gasteiger partial charge in [0.25, 0.3) is 0 Å². The maximum absolute atomic E-state index is 13.4. The topological polar surface area (TPSA) is 78.5 Å². The van der Waals surface area contributed by atoms with Gasteiger partial charge in [-0.2, -0.15) is 13.2 Å². The van der Waals surface area contributed by atoms with Crippen molar-refractivity contribution < 1.29 is 26.4 Å². The lowest BCUT2D eigenvalue weighted by atomic mass is 10.1. The van der Waals surface area contributed by atoms with E-state index in [4.69, 9.17) is 0 Å². The molecule has 6 nitrogen and oxygen atoms in total. The molecule has 1 heterocycles. The second kappa shape index (κ2) is 9.83. The van der Waals surface area contributed by atoms with E-state index < -0.39 is 28.8 Å². The number of alkyl halides is 3. The summed E-state index contributed by atoms with van der Waals surface area (Å²) in [6, 6.07) is 3.41. The number of benzene rings is 1. The van der Waals surface area contributed by atoms with Crippen LogP contribution in [0.1, 0.15) is 23.7 Å². The normalized spacial score (nSPS) is 17.2. The number of hydrogen-bond donors (Lipinski definition) is 2. The Morgan fingerprint density at radius 2 is 1.93 bits per heavy atom. The predicted molar refractivity (Wildman–Crippen MR) is 97.8 cm³/mol. The fourth-order valence-electron chi connectivity index (χ4n) is 2.76. The summed E-state index contributed by atoms with van der Waals surface area (Å²) >= 11 is 0. The molecule has 1 aliphatic rings. The Balaban J connectivity index is 0.00000364. The molecule has 1 unspecified atom stereocenters. The van der Waals surface area contributed by atoms with Crippen molar-refractivity contribution in [3.63, 3.8) is 0 Å². The van der Waals surface area contributed by atoms with Crippen molar-refractivity contribution in [1.29, 1.82) is 0 Å². The molecule has 1 aliphatic heterocycles. The quantitative estimate of drug-likeness (QED) is 0.646. The number of hydrogen-bond acceptors (Lipinski definition) is 5. The van der Waals surface area contributed by atoms with Crippen molar-refractivity contribution in [3.05, 3.63) is 29.8 Å². The first-order valence-corrected chi connectivity index (χ1v) is 9.78. The maximum Gasteiger partial charge on any atom is 0.405 e. The van der Waals surface area contributed by atoms with E-state index in [0.29, 0.717) is 13.1 Å². The molecule has 0 aliphatic carbocycles. The molecular formula is C16H23ClF3N3O3S. The van der Waals surface area contributed by atoms with Crippen LogP contribution in [0.2, 0.25) is 0 Å². The molecule has 0 saturated carbocycles. The van der Waals surface area contributed by atoms with Gasteiger partial charge in [-0.3, -0.25) is 9.69 Å². The number of nitrogens with one attached hydrogen (secondary N) is 2. The lowest BCUT2D eigenvalue weighted by Crippen LogP contribution is -2.57. The first-order valence-electron chi connectivity index (χ1n) is 8.29. The third-order valence-electron chi connectivity index (χ3n) is 4.22. The molecule has 11 heteroatoms. The summed E-state index contributed by atoms with van der Waals surface area (Å²) < 4.78 is 66.9. The van der Waals surface area contributed by atoms with E-state index in [1.54, 1.807) is 6.92 Å².